The number of carboxylic acids is 1. The first-order valence-electron chi connectivity index (χ1n) is 7.04. The molecule has 2 fully saturated rings. The largest absolute Gasteiger partial charge is 0.480 e. The third-order valence-corrected chi connectivity index (χ3v) is 4.00. The van der Waals surface area contributed by atoms with Gasteiger partial charge in [-0.05, 0) is 19.3 Å². The lowest BCUT2D eigenvalue weighted by Crippen LogP contribution is -2.51. The van der Waals surface area contributed by atoms with Crippen molar-refractivity contribution in [2.24, 2.45) is 0 Å². The van der Waals surface area contributed by atoms with E-state index >= 15 is 0 Å². The minimum absolute atomic E-state index is 0.0228. The fraction of sp³-hybridized carbons (Fsp3) is 0.615. The maximum absolute atomic E-state index is 12.0. The molecule has 1 aromatic heterocycles. The van der Waals surface area contributed by atoms with Gasteiger partial charge in [0.1, 0.15) is 6.04 Å². The monoisotopic (exact) mass is 294 g/mol. The maximum atomic E-state index is 12.0. The minimum atomic E-state index is -1.08. The molecule has 4 N–H and O–H groups in total. The van der Waals surface area contributed by atoms with Gasteiger partial charge in [-0.2, -0.15) is 0 Å². The highest BCUT2D eigenvalue weighted by Crippen LogP contribution is 2.34. The van der Waals surface area contributed by atoms with E-state index in [1.165, 1.54) is 6.33 Å². The number of ether oxygens (including phenoxy) is 1. The van der Waals surface area contributed by atoms with Crippen LogP contribution < -0.4 is 10.6 Å². The van der Waals surface area contributed by atoms with Gasteiger partial charge in [0.15, 0.2) is 0 Å². The zero-order valence-electron chi connectivity index (χ0n) is 11.4. The molecule has 3 heterocycles. The molecule has 2 bridgehead atoms. The van der Waals surface area contributed by atoms with Gasteiger partial charge >= 0.3 is 12.0 Å². The molecule has 3 rings (SSSR count). The summed E-state index contributed by atoms with van der Waals surface area (Å²) in [7, 11) is 0. The van der Waals surface area contributed by atoms with Crippen molar-refractivity contribution < 1.29 is 19.4 Å². The quantitative estimate of drug-likeness (QED) is 0.611. The van der Waals surface area contributed by atoms with Crippen molar-refractivity contribution in [1.29, 1.82) is 0 Å². The van der Waals surface area contributed by atoms with Gasteiger partial charge < -0.3 is 25.5 Å². The Morgan fingerprint density at radius 1 is 1.52 bits per heavy atom. The van der Waals surface area contributed by atoms with Gasteiger partial charge in [-0.1, -0.05) is 0 Å². The van der Waals surface area contributed by atoms with Crippen molar-refractivity contribution in [3.05, 3.63) is 18.2 Å². The molecule has 0 spiro atoms. The number of hydrogen-bond donors (Lipinski definition) is 4. The Morgan fingerprint density at radius 3 is 2.95 bits per heavy atom. The topological polar surface area (TPSA) is 116 Å². The number of hydrogen-bond acceptors (Lipinski definition) is 4. The Balaban J connectivity index is 1.53. The number of fused-ring (bicyclic) bond motifs is 2. The number of carbonyl (C=O) groups is 2. The maximum Gasteiger partial charge on any atom is 0.326 e. The fourth-order valence-corrected chi connectivity index (χ4v) is 2.97. The molecule has 8 nitrogen and oxygen atoms in total. The molecule has 1 aromatic rings. The minimum Gasteiger partial charge on any atom is -0.480 e. The van der Waals surface area contributed by atoms with Crippen molar-refractivity contribution in [3.63, 3.8) is 0 Å². The molecular formula is C13H18N4O4. The smallest absolute Gasteiger partial charge is 0.326 e. The summed E-state index contributed by atoms with van der Waals surface area (Å²) in [5.41, 5.74) is 0.658. The summed E-state index contributed by atoms with van der Waals surface area (Å²) in [6.07, 6.45) is 6.28. The fourth-order valence-electron chi connectivity index (χ4n) is 2.97. The summed E-state index contributed by atoms with van der Waals surface area (Å²) in [4.78, 5) is 29.8. The highest BCUT2D eigenvalue weighted by atomic mass is 16.5. The number of aromatic amines is 1. The third kappa shape index (κ3) is 3.15. The van der Waals surface area contributed by atoms with E-state index in [2.05, 4.69) is 20.6 Å². The van der Waals surface area contributed by atoms with Crippen molar-refractivity contribution in [3.8, 4) is 0 Å². The van der Waals surface area contributed by atoms with E-state index in [1.807, 2.05) is 0 Å². The predicted molar refractivity (Wildman–Crippen MR) is 71.7 cm³/mol. The molecule has 0 radical (unpaired) electrons. The number of nitrogens with one attached hydrogen (secondary N) is 3. The van der Waals surface area contributed by atoms with Gasteiger partial charge in [0.25, 0.3) is 0 Å². The van der Waals surface area contributed by atoms with Crippen LogP contribution in [-0.4, -0.2) is 51.4 Å². The van der Waals surface area contributed by atoms with Crippen LogP contribution in [0.1, 0.15) is 25.0 Å². The Bertz CT molecular complexity index is 518. The molecule has 0 saturated carbocycles. The molecule has 2 amide bonds. The van der Waals surface area contributed by atoms with Crippen molar-refractivity contribution in [2.45, 2.75) is 50.0 Å². The summed E-state index contributed by atoms with van der Waals surface area (Å²) in [6, 6.07) is -1.49. The lowest BCUT2D eigenvalue weighted by molar-refractivity contribution is -0.139. The van der Waals surface area contributed by atoms with Gasteiger partial charge in [0, 0.05) is 18.3 Å². The van der Waals surface area contributed by atoms with Crippen molar-refractivity contribution >= 4 is 12.0 Å². The summed E-state index contributed by atoms with van der Waals surface area (Å²) in [5, 5.41) is 14.5. The van der Waals surface area contributed by atoms with E-state index < -0.39 is 18.0 Å². The summed E-state index contributed by atoms with van der Waals surface area (Å²) in [6.45, 7) is 0. The number of carbonyl (C=O) groups excluding carboxylic acids is 1. The lowest BCUT2D eigenvalue weighted by atomic mass is 9.96. The van der Waals surface area contributed by atoms with Gasteiger partial charge in [-0.25, -0.2) is 14.6 Å². The SMILES string of the molecule is O=C(NC1CC2CCC1O2)N[C@@H](Cc1cnc[nH]1)C(=O)O. The first-order valence-corrected chi connectivity index (χ1v) is 7.04. The number of aliphatic carboxylic acids is 1. The van der Waals surface area contributed by atoms with Crippen LogP contribution >= 0.6 is 0 Å². The van der Waals surface area contributed by atoms with E-state index in [-0.39, 0.29) is 24.7 Å². The number of carboxylic acid groups (broad SMARTS) is 1. The molecule has 4 atom stereocenters. The van der Waals surface area contributed by atoms with E-state index in [0.29, 0.717) is 5.69 Å². The highest BCUT2D eigenvalue weighted by molar-refractivity contribution is 5.82. The summed E-state index contributed by atoms with van der Waals surface area (Å²) in [5.74, 6) is -1.08. The van der Waals surface area contributed by atoms with E-state index in [0.717, 1.165) is 19.3 Å². The van der Waals surface area contributed by atoms with Gasteiger partial charge in [-0.15, -0.1) is 0 Å². The lowest BCUT2D eigenvalue weighted by Gasteiger charge is -2.22. The molecular weight excluding hydrogens is 276 g/mol. The zero-order valence-corrected chi connectivity index (χ0v) is 11.4. The van der Waals surface area contributed by atoms with Gasteiger partial charge in [0.2, 0.25) is 0 Å². The first-order chi connectivity index (χ1) is 10.1. The van der Waals surface area contributed by atoms with Crippen LogP contribution in [0.5, 0.6) is 0 Å². The van der Waals surface area contributed by atoms with Gasteiger partial charge in [-0.3, -0.25) is 0 Å². The number of urea groups is 1. The van der Waals surface area contributed by atoms with E-state index in [1.54, 1.807) is 6.20 Å². The van der Waals surface area contributed by atoms with Crippen LogP contribution in [0.2, 0.25) is 0 Å². The highest BCUT2D eigenvalue weighted by Gasteiger charge is 2.41. The second-order valence-corrected chi connectivity index (χ2v) is 5.51. The average Bonchev–Trinajstić information content (AvgIpc) is 3.14. The number of amides is 2. The first kappa shape index (κ1) is 13.9. The van der Waals surface area contributed by atoms with E-state index in [9.17, 15) is 14.7 Å². The molecule has 2 saturated heterocycles. The van der Waals surface area contributed by atoms with Crippen LogP contribution in [-0.2, 0) is 16.0 Å². The Hall–Kier alpha value is -2.09. The van der Waals surface area contributed by atoms with Crippen LogP contribution in [0.15, 0.2) is 12.5 Å². The van der Waals surface area contributed by atoms with Gasteiger partial charge in [0.05, 0.1) is 24.6 Å². The number of H-pyrrole nitrogens is 1. The van der Waals surface area contributed by atoms with Crippen LogP contribution in [0.25, 0.3) is 0 Å². The van der Waals surface area contributed by atoms with Crippen LogP contribution in [0, 0.1) is 0 Å². The second kappa shape index (κ2) is 5.72. The molecule has 0 aromatic carbocycles. The number of nitrogens with zero attached hydrogens (tertiary/aromatic N) is 1. The molecule has 2 aliphatic rings. The van der Waals surface area contributed by atoms with Crippen LogP contribution in [0.4, 0.5) is 4.79 Å². The Labute approximate surface area is 121 Å². The number of rotatable bonds is 5. The Kier molecular flexibility index (Phi) is 3.78. The Morgan fingerprint density at radius 2 is 2.38 bits per heavy atom. The normalized spacial score (nSPS) is 28.3. The molecule has 2 aliphatic heterocycles. The average molecular weight is 294 g/mol. The van der Waals surface area contributed by atoms with Crippen LogP contribution in [0.3, 0.4) is 0 Å². The summed E-state index contributed by atoms with van der Waals surface area (Å²) >= 11 is 0. The molecule has 21 heavy (non-hydrogen) atoms. The summed E-state index contributed by atoms with van der Waals surface area (Å²) < 4.78 is 5.65. The predicted octanol–water partition coefficient (Wildman–Crippen LogP) is 0.0245. The molecule has 114 valence electrons. The standard InChI is InChI=1S/C13H18N4O4/c18-12(19)10(3-7-5-14-6-15-7)17-13(20)16-9-4-8-1-2-11(9)21-8/h5-6,8-11H,1-4H2,(H,14,15)(H,18,19)(H2,16,17,20)/t8?,9?,10-,11?/m0/s1. The third-order valence-electron chi connectivity index (χ3n) is 4.00. The second-order valence-electron chi connectivity index (χ2n) is 5.51. The molecule has 8 heteroatoms. The molecule has 0 aliphatic carbocycles. The van der Waals surface area contributed by atoms with Crippen molar-refractivity contribution in [2.75, 3.05) is 0 Å². The zero-order chi connectivity index (χ0) is 14.8. The molecule has 3 unspecified atom stereocenters. The van der Waals surface area contributed by atoms with E-state index in [4.69, 9.17) is 4.74 Å². The number of imidazole rings is 1. The number of aromatic nitrogens is 2. The van der Waals surface area contributed by atoms with Crippen molar-refractivity contribution in [1.82, 2.24) is 20.6 Å².